The summed E-state index contributed by atoms with van der Waals surface area (Å²) in [6.45, 7) is 5.68. The van der Waals surface area contributed by atoms with Gasteiger partial charge in [0.15, 0.2) is 9.84 Å². The molecule has 1 aliphatic rings. The maximum atomic E-state index is 12.7. The molecule has 2 aromatic rings. The van der Waals surface area contributed by atoms with Crippen molar-refractivity contribution < 1.29 is 17.9 Å². The topological polar surface area (TPSA) is 78.6 Å². The van der Waals surface area contributed by atoms with E-state index in [1.165, 1.54) is 0 Å². The Morgan fingerprint density at radius 3 is 2.50 bits per heavy atom. The molecule has 0 fully saturated rings. The second-order valence-corrected chi connectivity index (χ2v) is 9.49. The van der Waals surface area contributed by atoms with Crippen LogP contribution in [-0.2, 0) is 16.4 Å². The molecule has 0 aliphatic carbocycles. The molecule has 0 saturated carbocycles. The molecule has 5 nitrogen and oxygen atoms in total. The van der Waals surface area contributed by atoms with Gasteiger partial charge in [-0.15, -0.1) is 0 Å². The molecule has 1 heterocycles. The van der Waals surface area contributed by atoms with Crippen LogP contribution in [0.25, 0.3) is 0 Å². The van der Waals surface area contributed by atoms with Crippen molar-refractivity contribution in [1.82, 2.24) is 0 Å². The van der Waals surface area contributed by atoms with Crippen LogP contribution in [0.3, 0.4) is 0 Å². The summed E-state index contributed by atoms with van der Waals surface area (Å²) >= 11 is 0. The third kappa shape index (κ3) is 3.57. The van der Waals surface area contributed by atoms with Gasteiger partial charge in [0.1, 0.15) is 29.0 Å². The molecule has 6 heteroatoms. The molecule has 1 aliphatic heterocycles. The van der Waals surface area contributed by atoms with E-state index in [4.69, 9.17) is 15.2 Å². The van der Waals surface area contributed by atoms with E-state index < -0.39 is 26.7 Å². The first-order valence-electron chi connectivity index (χ1n) is 8.71. The normalized spacial score (nSPS) is 21.5. The zero-order valence-corrected chi connectivity index (χ0v) is 16.1. The van der Waals surface area contributed by atoms with E-state index in [0.717, 1.165) is 5.56 Å². The van der Waals surface area contributed by atoms with Gasteiger partial charge in [-0.2, -0.15) is 0 Å². The van der Waals surface area contributed by atoms with E-state index in [1.54, 1.807) is 25.1 Å². The predicted molar refractivity (Wildman–Crippen MR) is 102 cm³/mol. The highest BCUT2D eigenvalue weighted by molar-refractivity contribution is 7.91. The molecular weight excluding hydrogens is 350 g/mol. The highest BCUT2D eigenvalue weighted by Gasteiger charge is 2.47. The lowest BCUT2D eigenvalue weighted by molar-refractivity contribution is 0.0609. The van der Waals surface area contributed by atoms with Crippen LogP contribution in [0.15, 0.2) is 48.5 Å². The molecule has 0 radical (unpaired) electrons. The van der Waals surface area contributed by atoms with Gasteiger partial charge in [0.05, 0.1) is 6.04 Å². The Hall–Kier alpha value is -2.05. The van der Waals surface area contributed by atoms with Gasteiger partial charge in [0, 0.05) is 11.3 Å². The van der Waals surface area contributed by atoms with Crippen LogP contribution in [0, 0.1) is 0 Å². The predicted octanol–water partition coefficient (Wildman–Crippen LogP) is 3.24. The first-order valence-corrected chi connectivity index (χ1v) is 10.4. The Bertz CT molecular complexity index is 878. The maximum absolute atomic E-state index is 12.7. The molecule has 2 atom stereocenters. The van der Waals surface area contributed by atoms with Gasteiger partial charge in [-0.3, -0.25) is 0 Å². The second kappa shape index (κ2) is 6.93. The monoisotopic (exact) mass is 375 g/mol. The third-order valence-corrected chi connectivity index (χ3v) is 6.95. The fourth-order valence-corrected chi connectivity index (χ4v) is 4.88. The lowest BCUT2D eigenvalue weighted by atomic mass is 9.89. The first-order chi connectivity index (χ1) is 12.2. The number of hydrogen-bond donors (Lipinski definition) is 1. The summed E-state index contributed by atoms with van der Waals surface area (Å²) < 4.78 is 37.3. The van der Waals surface area contributed by atoms with Crippen molar-refractivity contribution in [2.75, 3.05) is 5.75 Å². The van der Waals surface area contributed by atoms with Crippen molar-refractivity contribution in [2.24, 2.45) is 5.73 Å². The minimum Gasteiger partial charge on any atom is -0.489 e. The average Bonchev–Trinajstić information content (AvgIpc) is 2.61. The van der Waals surface area contributed by atoms with Gasteiger partial charge in [-0.05, 0) is 37.6 Å². The molecule has 140 valence electrons. The van der Waals surface area contributed by atoms with Crippen LogP contribution < -0.4 is 15.2 Å². The molecule has 0 saturated heterocycles. The maximum Gasteiger partial charge on any atom is 0.158 e. The number of sulfone groups is 1. The Morgan fingerprint density at radius 1 is 1.15 bits per heavy atom. The Labute approximate surface area is 155 Å². The molecule has 26 heavy (non-hydrogen) atoms. The number of benzene rings is 2. The summed E-state index contributed by atoms with van der Waals surface area (Å²) in [5.41, 5.74) is 7.14. The minimum atomic E-state index is -3.40. The molecule has 0 amide bonds. The van der Waals surface area contributed by atoms with Crippen LogP contribution in [0.2, 0.25) is 0 Å². The van der Waals surface area contributed by atoms with Gasteiger partial charge in [0.2, 0.25) is 0 Å². The highest BCUT2D eigenvalue weighted by atomic mass is 32.2. The Balaban J connectivity index is 1.95. The van der Waals surface area contributed by atoms with Crippen LogP contribution in [-0.4, -0.2) is 25.8 Å². The number of fused-ring (bicyclic) bond motifs is 1. The van der Waals surface area contributed by atoms with Crippen molar-refractivity contribution in [3.63, 3.8) is 0 Å². The number of rotatable bonds is 5. The average molecular weight is 375 g/mol. The summed E-state index contributed by atoms with van der Waals surface area (Å²) in [7, 11) is -3.40. The standard InChI is InChI=1S/C20H25NO4S/c1-4-26(22,23)18-16-12-15(24-13-14-8-6-5-7-9-14)10-11-17(16)25-20(2,3)19(18)21/h5-12,18-19H,4,13,21H2,1-3H3. The lowest BCUT2D eigenvalue weighted by Gasteiger charge is -2.42. The zero-order chi connectivity index (χ0) is 18.9. The first kappa shape index (κ1) is 18.7. The molecular formula is C20H25NO4S. The van der Waals surface area contributed by atoms with Crippen molar-refractivity contribution in [1.29, 1.82) is 0 Å². The van der Waals surface area contributed by atoms with Gasteiger partial charge >= 0.3 is 0 Å². The SMILES string of the molecule is CCS(=O)(=O)C1c2cc(OCc3ccccc3)ccc2OC(C)(C)C1N. The molecule has 0 bridgehead atoms. The fourth-order valence-electron chi connectivity index (χ4n) is 3.18. The number of nitrogens with two attached hydrogens (primary N) is 1. The van der Waals surface area contributed by atoms with Gasteiger partial charge in [-0.25, -0.2) is 8.42 Å². The number of ether oxygens (including phenoxy) is 2. The Kier molecular flexibility index (Phi) is 4.99. The van der Waals surface area contributed by atoms with Gasteiger partial charge in [-0.1, -0.05) is 37.3 Å². The quantitative estimate of drug-likeness (QED) is 0.868. The van der Waals surface area contributed by atoms with Crippen LogP contribution >= 0.6 is 0 Å². The van der Waals surface area contributed by atoms with Crippen LogP contribution in [0.5, 0.6) is 11.5 Å². The van der Waals surface area contributed by atoms with E-state index in [-0.39, 0.29) is 5.75 Å². The van der Waals surface area contributed by atoms with Gasteiger partial charge < -0.3 is 15.2 Å². The second-order valence-electron chi connectivity index (χ2n) is 7.08. The van der Waals surface area contributed by atoms with E-state index >= 15 is 0 Å². The van der Waals surface area contributed by atoms with Crippen LogP contribution in [0.1, 0.15) is 37.1 Å². The fraction of sp³-hybridized carbons (Fsp3) is 0.400. The van der Waals surface area contributed by atoms with E-state index in [1.807, 2.05) is 44.2 Å². The summed E-state index contributed by atoms with van der Waals surface area (Å²) in [5, 5.41) is -0.813. The third-order valence-electron chi connectivity index (χ3n) is 4.83. The molecule has 3 rings (SSSR count). The van der Waals surface area contributed by atoms with Crippen molar-refractivity contribution in [2.45, 2.75) is 44.3 Å². The molecule has 2 aromatic carbocycles. The molecule has 0 spiro atoms. The summed E-state index contributed by atoms with van der Waals surface area (Å²) in [6.07, 6.45) is 0. The zero-order valence-electron chi connectivity index (χ0n) is 15.3. The lowest BCUT2D eigenvalue weighted by Crippen LogP contribution is -2.55. The van der Waals surface area contributed by atoms with E-state index in [9.17, 15) is 8.42 Å². The summed E-state index contributed by atoms with van der Waals surface area (Å²) in [6, 6.07) is 14.4. The molecule has 2 N–H and O–H groups in total. The van der Waals surface area contributed by atoms with Crippen molar-refractivity contribution in [3.05, 3.63) is 59.7 Å². The molecule has 0 aromatic heterocycles. The smallest absolute Gasteiger partial charge is 0.158 e. The van der Waals surface area contributed by atoms with Crippen molar-refractivity contribution in [3.8, 4) is 11.5 Å². The highest BCUT2D eigenvalue weighted by Crippen LogP contribution is 2.44. The largest absolute Gasteiger partial charge is 0.489 e. The van der Waals surface area contributed by atoms with Crippen LogP contribution in [0.4, 0.5) is 0 Å². The van der Waals surface area contributed by atoms with Crippen molar-refractivity contribution >= 4 is 9.84 Å². The van der Waals surface area contributed by atoms with E-state index in [2.05, 4.69) is 0 Å². The van der Waals surface area contributed by atoms with Gasteiger partial charge in [0.25, 0.3) is 0 Å². The summed E-state index contributed by atoms with van der Waals surface area (Å²) in [4.78, 5) is 0. The van der Waals surface area contributed by atoms with E-state index in [0.29, 0.717) is 23.7 Å². The number of hydrogen-bond acceptors (Lipinski definition) is 5. The Morgan fingerprint density at radius 2 is 1.85 bits per heavy atom. The molecule has 2 unspecified atom stereocenters. The minimum absolute atomic E-state index is 0.0238. The summed E-state index contributed by atoms with van der Waals surface area (Å²) in [5.74, 6) is 1.17.